The van der Waals surface area contributed by atoms with E-state index in [1.807, 2.05) is 0 Å². The van der Waals surface area contributed by atoms with Gasteiger partial charge in [0, 0.05) is 13.1 Å². The molecule has 4 aliphatic rings. The van der Waals surface area contributed by atoms with Crippen LogP contribution in [0.5, 0.6) is 0 Å². The first-order valence-electron chi connectivity index (χ1n) is 15.1. The van der Waals surface area contributed by atoms with Crippen LogP contribution >= 0.6 is 0 Å². The fraction of sp³-hybridized carbons (Fsp3) is 0.818. The zero-order chi connectivity index (χ0) is 23.9. The number of benzene rings is 1. The summed E-state index contributed by atoms with van der Waals surface area (Å²) in [6, 6.07) is 11.2. The van der Waals surface area contributed by atoms with E-state index in [-0.39, 0.29) is 0 Å². The van der Waals surface area contributed by atoms with E-state index >= 15 is 0 Å². The highest BCUT2D eigenvalue weighted by Crippen LogP contribution is 2.67. The van der Waals surface area contributed by atoms with E-state index in [0.717, 1.165) is 48.0 Å². The van der Waals surface area contributed by atoms with E-state index in [1.54, 1.807) is 0 Å². The molecule has 0 bridgehead atoms. The SMILES string of the molecule is CC(C)CCC[C@@H](C)[C@H]1CC[C@H]2[C@@H]3CC[C@H]4CN(Cc5ccccc5)CC[C@]4(C)[C@H]3CC[C@]12C. The summed E-state index contributed by atoms with van der Waals surface area (Å²) in [5, 5.41) is 0. The van der Waals surface area contributed by atoms with Gasteiger partial charge in [-0.1, -0.05) is 84.2 Å². The van der Waals surface area contributed by atoms with Crippen molar-refractivity contribution in [3.8, 4) is 0 Å². The van der Waals surface area contributed by atoms with Crippen LogP contribution in [0.1, 0.15) is 104 Å². The van der Waals surface area contributed by atoms with E-state index in [2.05, 4.69) is 69.9 Å². The zero-order valence-corrected chi connectivity index (χ0v) is 23.1. The van der Waals surface area contributed by atoms with E-state index in [4.69, 9.17) is 0 Å². The van der Waals surface area contributed by atoms with E-state index < -0.39 is 0 Å². The Morgan fingerprint density at radius 1 is 0.853 bits per heavy atom. The summed E-state index contributed by atoms with van der Waals surface area (Å²) in [6.07, 6.45) is 14.9. The zero-order valence-electron chi connectivity index (χ0n) is 23.1. The lowest BCUT2D eigenvalue weighted by molar-refractivity contribution is -0.126. The average Bonchev–Trinajstić information content (AvgIpc) is 3.17. The molecule has 1 nitrogen and oxygen atoms in total. The monoisotopic (exact) mass is 463 g/mol. The third kappa shape index (κ3) is 4.53. The first-order valence-corrected chi connectivity index (χ1v) is 15.1. The molecular weight excluding hydrogens is 410 g/mol. The standard InChI is InChI=1S/C33H53N/c1-24(2)10-9-11-25(3)29-16-17-30-28-15-14-27-23-34(22-26-12-7-6-8-13-26)21-20-32(27,4)31(28)18-19-33(29,30)5/h6-8,12-13,24-25,27-31H,9-11,14-23H2,1-5H3/t25-,27+,28+,29-,30+,31+,32+,33-/m1/s1. The molecule has 0 N–H and O–H groups in total. The normalized spacial score (nSPS) is 41.1. The maximum absolute atomic E-state index is 2.78. The molecule has 0 amide bonds. The van der Waals surface area contributed by atoms with Crippen LogP contribution < -0.4 is 0 Å². The van der Waals surface area contributed by atoms with Gasteiger partial charge in [0.1, 0.15) is 0 Å². The Morgan fingerprint density at radius 3 is 2.38 bits per heavy atom. The summed E-state index contributed by atoms with van der Waals surface area (Å²) in [4.78, 5) is 2.78. The largest absolute Gasteiger partial charge is 0.299 e. The van der Waals surface area contributed by atoms with Crippen molar-refractivity contribution in [1.82, 2.24) is 4.90 Å². The Hall–Kier alpha value is -0.820. The maximum atomic E-state index is 2.78. The number of hydrogen-bond acceptors (Lipinski definition) is 1. The van der Waals surface area contributed by atoms with E-state index in [0.29, 0.717) is 10.8 Å². The molecule has 0 unspecified atom stereocenters. The topological polar surface area (TPSA) is 3.24 Å². The van der Waals surface area contributed by atoms with Crippen LogP contribution in [0.15, 0.2) is 30.3 Å². The van der Waals surface area contributed by atoms with Crippen LogP contribution in [-0.2, 0) is 6.54 Å². The Labute approximate surface area is 211 Å². The lowest BCUT2D eigenvalue weighted by atomic mass is 9.45. The van der Waals surface area contributed by atoms with Gasteiger partial charge in [0.05, 0.1) is 0 Å². The van der Waals surface area contributed by atoms with E-state index in [9.17, 15) is 0 Å². The summed E-state index contributed by atoms with van der Waals surface area (Å²) in [5.41, 5.74) is 2.72. The Bertz CT molecular complexity index is 800. The molecule has 1 aliphatic heterocycles. The van der Waals surface area contributed by atoms with Crippen molar-refractivity contribution in [2.75, 3.05) is 13.1 Å². The van der Waals surface area contributed by atoms with Crippen LogP contribution in [0.25, 0.3) is 0 Å². The van der Waals surface area contributed by atoms with Gasteiger partial charge in [-0.2, -0.15) is 0 Å². The van der Waals surface area contributed by atoms with Gasteiger partial charge in [0.25, 0.3) is 0 Å². The second kappa shape index (κ2) is 9.91. The molecule has 4 fully saturated rings. The summed E-state index contributed by atoms with van der Waals surface area (Å²) < 4.78 is 0. The highest BCUT2D eigenvalue weighted by molar-refractivity contribution is 5.15. The van der Waals surface area contributed by atoms with Crippen molar-refractivity contribution in [2.45, 2.75) is 105 Å². The van der Waals surface area contributed by atoms with Gasteiger partial charge in [-0.05, 0) is 109 Å². The molecule has 1 aromatic rings. The molecule has 0 radical (unpaired) electrons. The third-order valence-electron chi connectivity index (χ3n) is 12.0. The fourth-order valence-electron chi connectivity index (χ4n) is 10.0. The van der Waals surface area contributed by atoms with Gasteiger partial charge >= 0.3 is 0 Å². The number of fused-ring (bicyclic) bond motifs is 5. The molecule has 34 heavy (non-hydrogen) atoms. The molecule has 1 aromatic carbocycles. The van der Waals surface area contributed by atoms with Crippen LogP contribution in [-0.4, -0.2) is 18.0 Å². The minimum Gasteiger partial charge on any atom is -0.299 e. The molecule has 3 saturated carbocycles. The quantitative estimate of drug-likeness (QED) is 0.390. The minimum atomic E-state index is 0.596. The molecule has 0 aromatic heterocycles. The Kier molecular flexibility index (Phi) is 7.25. The predicted molar refractivity (Wildman–Crippen MR) is 146 cm³/mol. The molecule has 8 atom stereocenters. The number of nitrogens with zero attached hydrogens (tertiary/aromatic N) is 1. The molecule has 1 heteroatoms. The van der Waals surface area contributed by atoms with Gasteiger partial charge in [0.2, 0.25) is 0 Å². The molecule has 1 heterocycles. The highest BCUT2D eigenvalue weighted by Gasteiger charge is 2.60. The van der Waals surface area contributed by atoms with Crippen molar-refractivity contribution in [2.24, 2.45) is 52.3 Å². The van der Waals surface area contributed by atoms with Crippen LogP contribution in [0.3, 0.4) is 0 Å². The predicted octanol–water partition coefficient (Wildman–Crippen LogP) is 8.83. The molecule has 1 saturated heterocycles. The summed E-state index contributed by atoms with van der Waals surface area (Å²) in [7, 11) is 0. The number of likely N-dealkylation sites (tertiary alicyclic amines) is 1. The van der Waals surface area contributed by atoms with Gasteiger partial charge in [0.15, 0.2) is 0 Å². The molecular formula is C33H53N. The number of hydrogen-bond donors (Lipinski definition) is 0. The summed E-state index contributed by atoms with van der Waals surface area (Å²) >= 11 is 0. The second-order valence-electron chi connectivity index (χ2n) is 14.2. The molecule has 3 aliphatic carbocycles. The fourth-order valence-corrected chi connectivity index (χ4v) is 10.0. The van der Waals surface area contributed by atoms with Gasteiger partial charge < -0.3 is 0 Å². The summed E-state index contributed by atoms with van der Waals surface area (Å²) in [6.45, 7) is 16.7. The average molecular weight is 464 g/mol. The highest BCUT2D eigenvalue weighted by atomic mass is 15.1. The Morgan fingerprint density at radius 2 is 1.62 bits per heavy atom. The second-order valence-corrected chi connectivity index (χ2v) is 14.2. The van der Waals surface area contributed by atoms with Crippen molar-refractivity contribution >= 4 is 0 Å². The van der Waals surface area contributed by atoms with Crippen LogP contribution in [0.4, 0.5) is 0 Å². The first-order chi connectivity index (χ1) is 16.3. The molecule has 0 spiro atoms. The van der Waals surface area contributed by atoms with Crippen molar-refractivity contribution in [3.05, 3.63) is 35.9 Å². The van der Waals surface area contributed by atoms with Crippen molar-refractivity contribution < 1.29 is 0 Å². The van der Waals surface area contributed by atoms with Crippen LogP contribution in [0.2, 0.25) is 0 Å². The van der Waals surface area contributed by atoms with Crippen molar-refractivity contribution in [1.29, 1.82) is 0 Å². The smallest absolute Gasteiger partial charge is 0.0233 e. The third-order valence-corrected chi connectivity index (χ3v) is 12.0. The van der Waals surface area contributed by atoms with Gasteiger partial charge in [-0.25, -0.2) is 0 Å². The number of rotatable bonds is 7. The Balaban J connectivity index is 1.24. The maximum Gasteiger partial charge on any atom is 0.0233 e. The minimum absolute atomic E-state index is 0.596. The molecule has 5 rings (SSSR count). The first kappa shape index (κ1) is 24.9. The summed E-state index contributed by atoms with van der Waals surface area (Å²) in [5.74, 6) is 6.74. The molecule has 190 valence electrons. The lowest BCUT2D eigenvalue weighted by Gasteiger charge is -2.61. The number of piperidine rings is 1. The van der Waals surface area contributed by atoms with Crippen molar-refractivity contribution in [3.63, 3.8) is 0 Å². The van der Waals surface area contributed by atoms with Gasteiger partial charge in [-0.15, -0.1) is 0 Å². The van der Waals surface area contributed by atoms with E-state index in [1.165, 1.54) is 82.9 Å². The van der Waals surface area contributed by atoms with Crippen LogP contribution in [0, 0.1) is 52.3 Å². The lowest BCUT2D eigenvalue weighted by Crippen LogP contribution is -2.57. The van der Waals surface area contributed by atoms with Gasteiger partial charge in [-0.3, -0.25) is 4.90 Å².